The largest absolute Gasteiger partial charge is 0.375 e. The van der Waals surface area contributed by atoms with Crippen molar-refractivity contribution in [1.29, 1.82) is 0 Å². The Bertz CT molecular complexity index is 748. The highest BCUT2D eigenvalue weighted by Crippen LogP contribution is 2.34. The number of nitrogens with zero attached hydrogens (tertiary/aromatic N) is 1. The Morgan fingerprint density at radius 2 is 2.32 bits per heavy atom. The number of anilines is 1. The van der Waals surface area contributed by atoms with Crippen molar-refractivity contribution >= 4 is 73.9 Å². The van der Waals surface area contributed by atoms with Gasteiger partial charge in [-0.25, -0.2) is 4.98 Å². The van der Waals surface area contributed by atoms with Crippen molar-refractivity contribution in [2.75, 3.05) is 5.73 Å². The molecule has 2 aliphatic rings. The van der Waals surface area contributed by atoms with Crippen LogP contribution >= 0.6 is 51.2 Å². The second-order valence-corrected chi connectivity index (χ2v) is 5.97. The van der Waals surface area contributed by atoms with E-state index in [1.807, 2.05) is 6.08 Å². The fourth-order valence-electron chi connectivity index (χ4n) is 2.15. The van der Waals surface area contributed by atoms with Gasteiger partial charge in [-0.2, -0.15) is 0 Å². The molecule has 1 heterocycles. The van der Waals surface area contributed by atoms with Crippen molar-refractivity contribution in [3.63, 3.8) is 0 Å². The maximum absolute atomic E-state index is 11.1. The first-order valence-electron chi connectivity index (χ1n) is 5.42. The lowest BCUT2D eigenvalue weighted by Crippen LogP contribution is -2.23. The fraction of sp³-hybridized carbons (Fsp3) is 0.167. The smallest absolute Gasteiger partial charge is 0.221 e. The number of nitrogens with one attached hydrogen (secondary N) is 1. The summed E-state index contributed by atoms with van der Waals surface area (Å²) in [4.78, 5) is 15.5. The minimum Gasteiger partial charge on any atom is -0.375 e. The van der Waals surface area contributed by atoms with Crippen LogP contribution in [-0.4, -0.2) is 10.9 Å². The van der Waals surface area contributed by atoms with Crippen molar-refractivity contribution in [1.82, 2.24) is 10.3 Å². The molecule has 0 saturated carbocycles. The van der Waals surface area contributed by atoms with E-state index < -0.39 is 0 Å². The number of hydrogen-bond acceptors (Lipinski definition) is 4. The molecule has 7 heteroatoms. The van der Waals surface area contributed by atoms with Gasteiger partial charge in [-0.3, -0.25) is 4.79 Å². The molecular weight excluding hydrogens is 441 g/mol. The molecule has 0 radical (unpaired) electrons. The average molecular weight is 452 g/mol. The van der Waals surface area contributed by atoms with Gasteiger partial charge in [0, 0.05) is 11.4 Å². The topological polar surface area (TPSA) is 68.0 Å². The molecule has 3 N–H and O–H groups in total. The Morgan fingerprint density at radius 1 is 1.58 bits per heavy atom. The number of fused-ring (bicyclic) bond motifs is 2. The van der Waals surface area contributed by atoms with Crippen LogP contribution < -0.4 is 20.9 Å². The first-order valence-corrected chi connectivity index (χ1v) is 7.02. The van der Waals surface area contributed by atoms with Gasteiger partial charge in [0.2, 0.25) is 5.91 Å². The number of hydrogen-bond donors (Lipinski definition) is 2. The van der Waals surface area contributed by atoms with Crippen molar-refractivity contribution in [3.8, 4) is 0 Å². The molecule has 0 spiro atoms. The van der Waals surface area contributed by atoms with E-state index in [-0.39, 0.29) is 29.9 Å². The van der Waals surface area contributed by atoms with E-state index in [4.69, 9.17) is 5.73 Å². The number of thiazole rings is 1. The highest BCUT2D eigenvalue weighted by atomic mass is 127. The van der Waals surface area contributed by atoms with Gasteiger partial charge in [-0.1, -0.05) is 17.4 Å². The molecule has 0 aliphatic heterocycles. The summed E-state index contributed by atoms with van der Waals surface area (Å²) >= 11 is 5.03. The van der Waals surface area contributed by atoms with Gasteiger partial charge in [0.15, 0.2) is 5.13 Å². The number of allylic oxidation sites excluding steroid dienone is 3. The quantitative estimate of drug-likeness (QED) is 0.633. The normalized spacial score (nSPS) is 16.1. The van der Waals surface area contributed by atoms with Crippen molar-refractivity contribution in [3.05, 3.63) is 31.7 Å². The van der Waals surface area contributed by atoms with Crippen LogP contribution in [0.1, 0.15) is 13.3 Å². The molecule has 0 unspecified atom stereocenters. The van der Waals surface area contributed by atoms with Gasteiger partial charge in [0.05, 0.1) is 15.6 Å². The first kappa shape index (κ1) is 14.7. The third-order valence-electron chi connectivity index (χ3n) is 2.85. The van der Waals surface area contributed by atoms with Crippen molar-refractivity contribution in [2.45, 2.75) is 13.3 Å². The predicted octanol–water partition coefficient (Wildman–Crippen LogP) is 1.36. The number of nitrogen functional groups attached to an aromatic ring is 1. The van der Waals surface area contributed by atoms with E-state index in [0.29, 0.717) is 5.13 Å². The van der Waals surface area contributed by atoms with Crippen LogP contribution in [0.3, 0.4) is 0 Å². The molecule has 1 amide bonds. The summed E-state index contributed by atoms with van der Waals surface area (Å²) in [7, 11) is 0. The zero-order valence-corrected chi connectivity index (χ0v) is 14.7. The van der Waals surface area contributed by atoms with Crippen LogP contribution in [0.4, 0.5) is 5.13 Å². The number of amides is 1. The number of nitrogens with two attached hydrogens (primary N) is 1. The molecule has 0 saturated heterocycles. The molecule has 0 atom stereocenters. The molecule has 0 fully saturated rings. The minimum atomic E-state index is -0.0719. The summed E-state index contributed by atoms with van der Waals surface area (Å²) in [6.45, 7) is 1.50. The Morgan fingerprint density at radius 3 is 3.00 bits per heavy atom. The zero-order chi connectivity index (χ0) is 12.9. The maximum atomic E-state index is 11.1. The van der Waals surface area contributed by atoms with Gasteiger partial charge in [-0.15, -0.1) is 24.0 Å². The van der Waals surface area contributed by atoms with Gasteiger partial charge >= 0.3 is 0 Å². The number of halogens is 2. The van der Waals surface area contributed by atoms with Crippen LogP contribution in [-0.2, 0) is 4.79 Å². The van der Waals surface area contributed by atoms with E-state index in [9.17, 15) is 4.79 Å². The summed E-state index contributed by atoms with van der Waals surface area (Å²) in [6.07, 6.45) is 4.81. The molecule has 1 aromatic rings. The molecule has 0 aromatic carbocycles. The summed E-state index contributed by atoms with van der Waals surface area (Å²) in [5.41, 5.74) is 8.79. The molecule has 4 nitrogen and oxygen atoms in total. The molecule has 100 valence electrons. The van der Waals surface area contributed by atoms with Crippen LogP contribution in [0.15, 0.2) is 21.8 Å². The SMILES string of the molecule is CC(=O)NC1=CCC2=c3nc(N)sc3=CC2=C1Br.I. The van der Waals surface area contributed by atoms with Gasteiger partial charge in [-0.05, 0) is 39.6 Å². The lowest BCUT2D eigenvalue weighted by Gasteiger charge is -2.16. The van der Waals surface area contributed by atoms with Crippen LogP contribution in [0.2, 0.25) is 0 Å². The van der Waals surface area contributed by atoms with Crippen LogP contribution in [0.5, 0.6) is 0 Å². The Balaban J connectivity index is 0.00000133. The zero-order valence-electron chi connectivity index (χ0n) is 9.99. The Labute approximate surface area is 139 Å². The number of carbonyl (C=O) groups excluding carboxylic acids is 1. The van der Waals surface area contributed by atoms with Crippen molar-refractivity contribution in [2.24, 2.45) is 0 Å². The summed E-state index contributed by atoms with van der Waals surface area (Å²) in [5, 5.41) is 4.38. The summed E-state index contributed by atoms with van der Waals surface area (Å²) in [6, 6.07) is 0. The highest BCUT2D eigenvalue weighted by molar-refractivity contribution is 14.0. The molecule has 0 bridgehead atoms. The van der Waals surface area contributed by atoms with Gasteiger partial charge < -0.3 is 11.1 Å². The predicted molar refractivity (Wildman–Crippen MR) is 91.5 cm³/mol. The third-order valence-corrected chi connectivity index (χ3v) is 4.54. The lowest BCUT2D eigenvalue weighted by atomic mass is 9.99. The van der Waals surface area contributed by atoms with E-state index in [1.54, 1.807) is 0 Å². The number of rotatable bonds is 1. The van der Waals surface area contributed by atoms with E-state index >= 15 is 0 Å². The lowest BCUT2D eigenvalue weighted by molar-refractivity contribution is -0.118. The van der Waals surface area contributed by atoms with E-state index in [1.165, 1.54) is 23.8 Å². The van der Waals surface area contributed by atoms with Gasteiger partial charge in [0.25, 0.3) is 0 Å². The highest BCUT2D eigenvalue weighted by Gasteiger charge is 2.22. The average Bonchev–Trinajstić information content (AvgIpc) is 2.78. The molecule has 3 rings (SSSR count). The molecule has 19 heavy (non-hydrogen) atoms. The molecule has 1 aromatic heterocycles. The Hall–Kier alpha value is -0.670. The minimum absolute atomic E-state index is 0. The van der Waals surface area contributed by atoms with Crippen LogP contribution in [0, 0.1) is 0 Å². The fourth-order valence-corrected chi connectivity index (χ4v) is 3.57. The standard InChI is InChI=1S/C12H10BrN3OS.HI/c1-5(17)15-8-3-2-6-7(10(8)13)4-9-11(6)16-12(14)18-9;/h3-4H,2H2,1H3,(H2,14,16)(H,15,17);1H. The molecular formula is C12H11BrIN3OS. The summed E-state index contributed by atoms with van der Waals surface area (Å²) in [5.74, 6) is -0.0719. The second-order valence-electron chi connectivity index (χ2n) is 4.12. The van der Waals surface area contributed by atoms with Crippen LogP contribution in [0.25, 0.3) is 11.6 Å². The number of aromatic nitrogens is 1. The Kier molecular flexibility index (Phi) is 4.17. The van der Waals surface area contributed by atoms with E-state index in [2.05, 4.69) is 32.3 Å². The molecule has 2 aliphatic carbocycles. The first-order chi connectivity index (χ1) is 8.56. The monoisotopic (exact) mass is 451 g/mol. The second kappa shape index (κ2) is 5.37. The van der Waals surface area contributed by atoms with Crippen molar-refractivity contribution < 1.29 is 4.79 Å². The number of carbonyl (C=O) groups is 1. The van der Waals surface area contributed by atoms with Gasteiger partial charge in [0.1, 0.15) is 0 Å². The summed E-state index contributed by atoms with van der Waals surface area (Å²) < 4.78 is 2.00. The van der Waals surface area contributed by atoms with E-state index in [0.717, 1.165) is 32.1 Å². The third kappa shape index (κ3) is 2.50. The maximum Gasteiger partial charge on any atom is 0.221 e.